The molecule has 0 atom stereocenters. The zero-order chi connectivity index (χ0) is 14.3. The lowest BCUT2D eigenvalue weighted by atomic mass is 9.84. The van der Waals surface area contributed by atoms with Crippen LogP contribution in [0.3, 0.4) is 0 Å². The molecule has 2 aliphatic heterocycles. The second-order valence-corrected chi connectivity index (χ2v) is 5.76. The molecule has 21 heavy (non-hydrogen) atoms. The van der Waals surface area contributed by atoms with E-state index in [2.05, 4.69) is 10.4 Å². The molecule has 2 aliphatic rings. The molecule has 1 aromatic carbocycles. The smallest absolute Gasteiger partial charge is 0.190 e. The van der Waals surface area contributed by atoms with Crippen LogP contribution in [0.2, 0.25) is 0 Å². The molecule has 0 aliphatic carbocycles. The minimum absolute atomic E-state index is 0.0906. The van der Waals surface area contributed by atoms with Gasteiger partial charge in [-0.2, -0.15) is 5.10 Å². The van der Waals surface area contributed by atoms with E-state index >= 15 is 0 Å². The molecule has 0 saturated carbocycles. The van der Waals surface area contributed by atoms with Gasteiger partial charge in [-0.05, 0) is 25.2 Å². The maximum absolute atomic E-state index is 12.4. The third-order valence-corrected chi connectivity index (χ3v) is 4.29. The van der Waals surface area contributed by atoms with Gasteiger partial charge in [0.15, 0.2) is 17.2 Å². The first-order valence-electron chi connectivity index (χ1n) is 7.34. The summed E-state index contributed by atoms with van der Waals surface area (Å²) in [5.41, 5.74) is 1.06. The Hall–Kier alpha value is -2.14. The Balaban J connectivity index is 1.71. The molecule has 108 valence electrons. The average Bonchev–Trinajstić information content (AvgIpc) is 2.93. The van der Waals surface area contributed by atoms with Crippen LogP contribution >= 0.6 is 0 Å². The lowest BCUT2D eigenvalue weighted by molar-refractivity contribution is 0.0185. The van der Waals surface area contributed by atoms with Crippen LogP contribution in [0.5, 0.6) is 5.75 Å². The zero-order valence-electron chi connectivity index (χ0n) is 11.7. The largest absolute Gasteiger partial charge is 0.483 e. The lowest BCUT2D eigenvalue weighted by Crippen LogP contribution is -2.49. The van der Waals surface area contributed by atoms with Crippen molar-refractivity contribution in [2.24, 2.45) is 0 Å². The van der Waals surface area contributed by atoms with Crippen molar-refractivity contribution in [3.05, 3.63) is 42.2 Å². The molecule has 0 amide bonds. The second-order valence-electron chi connectivity index (χ2n) is 5.76. The standard InChI is InChI=1S/C16H17N3O2/c20-13-10-16(6-8-17-9-7-16)21-14-11-19(18-15(13)14)12-4-2-1-3-5-12/h1-5,11,17H,6-10H2. The molecule has 0 bridgehead atoms. The molecular formula is C16H17N3O2. The fraction of sp³-hybridized carbons (Fsp3) is 0.375. The number of carbonyl (C=O) groups is 1. The molecule has 1 aromatic heterocycles. The molecule has 1 fully saturated rings. The molecule has 1 saturated heterocycles. The SMILES string of the molecule is O=C1CC2(CCNCC2)Oc2cn(-c3ccccc3)nc21. The Bertz CT molecular complexity index is 672. The van der Waals surface area contributed by atoms with E-state index in [4.69, 9.17) is 4.74 Å². The highest BCUT2D eigenvalue weighted by atomic mass is 16.5. The summed E-state index contributed by atoms with van der Waals surface area (Å²) in [6.07, 6.45) is 4.00. The van der Waals surface area contributed by atoms with E-state index < -0.39 is 0 Å². The minimum atomic E-state index is -0.333. The van der Waals surface area contributed by atoms with E-state index in [0.717, 1.165) is 31.6 Å². The van der Waals surface area contributed by atoms with Gasteiger partial charge in [0.25, 0.3) is 0 Å². The number of para-hydroxylation sites is 1. The van der Waals surface area contributed by atoms with Crippen LogP contribution in [0, 0.1) is 0 Å². The third-order valence-electron chi connectivity index (χ3n) is 4.29. The fourth-order valence-corrected chi connectivity index (χ4v) is 3.15. The highest BCUT2D eigenvalue weighted by Gasteiger charge is 2.42. The predicted molar refractivity (Wildman–Crippen MR) is 78.0 cm³/mol. The molecule has 1 spiro atoms. The summed E-state index contributed by atoms with van der Waals surface area (Å²) >= 11 is 0. The van der Waals surface area contributed by atoms with Gasteiger partial charge in [-0.1, -0.05) is 18.2 Å². The Labute approximate surface area is 122 Å². The summed E-state index contributed by atoms with van der Waals surface area (Å²) in [6.45, 7) is 1.80. The second kappa shape index (κ2) is 4.70. The van der Waals surface area contributed by atoms with Crippen LogP contribution in [-0.4, -0.2) is 34.3 Å². The van der Waals surface area contributed by atoms with Gasteiger partial charge in [0.1, 0.15) is 5.60 Å². The van der Waals surface area contributed by atoms with Crippen molar-refractivity contribution in [1.29, 1.82) is 0 Å². The number of benzene rings is 1. The predicted octanol–water partition coefficient (Wildman–Crippen LogP) is 1.96. The number of ketones is 1. The van der Waals surface area contributed by atoms with E-state index in [1.807, 2.05) is 36.5 Å². The molecule has 5 nitrogen and oxygen atoms in total. The van der Waals surface area contributed by atoms with Crippen LogP contribution in [0.4, 0.5) is 0 Å². The summed E-state index contributed by atoms with van der Waals surface area (Å²) in [5.74, 6) is 0.713. The number of piperidine rings is 1. The van der Waals surface area contributed by atoms with Crippen LogP contribution in [-0.2, 0) is 0 Å². The Kier molecular flexibility index (Phi) is 2.82. The number of aromatic nitrogens is 2. The van der Waals surface area contributed by atoms with Crippen LogP contribution in [0.1, 0.15) is 29.8 Å². The summed E-state index contributed by atoms with van der Waals surface area (Å²) in [5, 5.41) is 7.72. The number of fused-ring (bicyclic) bond motifs is 1. The minimum Gasteiger partial charge on any atom is -0.483 e. The van der Waals surface area contributed by atoms with Gasteiger partial charge in [0, 0.05) is 12.8 Å². The van der Waals surface area contributed by atoms with Gasteiger partial charge in [-0.3, -0.25) is 4.79 Å². The Morgan fingerprint density at radius 3 is 2.71 bits per heavy atom. The van der Waals surface area contributed by atoms with Gasteiger partial charge in [0.2, 0.25) is 0 Å². The maximum Gasteiger partial charge on any atom is 0.190 e. The van der Waals surface area contributed by atoms with Crippen molar-refractivity contribution in [3.8, 4) is 11.4 Å². The highest BCUT2D eigenvalue weighted by molar-refractivity contribution is 5.98. The van der Waals surface area contributed by atoms with Crippen LogP contribution in [0.25, 0.3) is 5.69 Å². The van der Waals surface area contributed by atoms with Crippen molar-refractivity contribution in [2.75, 3.05) is 13.1 Å². The summed E-state index contributed by atoms with van der Waals surface area (Å²) < 4.78 is 7.91. The van der Waals surface area contributed by atoms with Gasteiger partial charge in [-0.15, -0.1) is 0 Å². The van der Waals surface area contributed by atoms with Crippen molar-refractivity contribution in [2.45, 2.75) is 24.9 Å². The molecule has 4 rings (SSSR count). The fourth-order valence-electron chi connectivity index (χ4n) is 3.15. The van der Waals surface area contributed by atoms with Gasteiger partial charge in [-0.25, -0.2) is 4.68 Å². The van der Waals surface area contributed by atoms with Crippen molar-refractivity contribution in [3.63, 3.8) is 0 Å². The summed E-state index contributed by atoms with van der Waals surface area (Å²) in [7, 11) is 0. The number of nitrogens with zero attached hydrogens (tertiary/aromatic N) is 2. The number of Topliss-reactive ketones (excluding diaryl/α,β-unsaturated/α-hetero) is 1. The first kappa shape index (κ1) is 12.6. The van der Waals surface area contributed by atoms with Crippen molar-refractivity contribution < 1.29 is 9.53 Å². The monoisotopic (exact) mass is 283 g/mol. The number of hydrogen-bond acceptors (Lipinski definition) is 4. The maximum atomic E-state index is 12.4. The summed E-state index contributed by atoms with van der Waals surface area (Å²) in [6, 6.07) is 9.78. The van der Waals surface area contributed by atoms with E-state index in [0.29, 0.717) is 17.9 Å². The zero-order valence-corrected chi connectivity index (χ0v) is 11.7. The Morgan fingerprint density at radius 1 is 1.19 bits per heavy atom. The number of ether oxygens (including phenoxy) is 1. The van der Waals surface area contributed by atoms with E-state index in [-0.39, 0.29) is 11.4 Å². The summed E-state index contributed by atoms with van der Waals surface area (Å²) in [4.78, 5) is 12.4. The molecule has 0 radical (unpaired) electrons. The Morgan fingerprint density at radius 2 is 1.95 bits per heavy atom. The molecule has 5 heteroatoms. The molecule has 2 aromatic rings. The third kappa shape index (κ3) is 2.14. The molecule has 0 unspecified atom stereocenters. The van der Waals surface area contributed by atoms with Gasteiger partial charge in [0.05, 0.1) is 18.3 Å². The highest BCUT2D eigenvalue weighted by Crippen LogP contribution is 2.37. The number of hydrogen-bond donors (Lipinski definition) is 1. The van der Waals surface area contributed by atoms with E-state index in [9.17, 15) is 4.79 Å². The van der Waals surface area contributed by atoms with Gasteiger partial charge < -0.3 is 10.1 Å². The number of nitrogens with one attached hydrogen (secondary N) is 1. The molecular weight excluding hydrogens is 266 g/mol. The normalized spacial score (nSPS) is 20.1. The van der Waals surface area contributed by atoms with E-state index in [1.165, 1.54) is 0 Å². The van der Waals surface area contributed by atoms with Crippen LogP contribution in [0.15, 0.2) is 36.5 Å². The first-order valence-corrected chi connectivity index (χ1v) is 7.34. The quantitative estimate of drug-likeness (QED) is 0.869. The lowest BCUT2D eigenvalue weighted by Gasteiger charge is -2.39. The van der Waals surface area contributed by atoms with Crippen molar-refractivity contribution >= 4 is 5.78 Å². The van der Waals surface area contributed by atoms with Crippen LogP contribution < -0.4 is 10.1 Å². The number of carbonyl (C=O) groups excluding carboxylic acids is 1. The van der Waals surface area contributed by atoms with Gasteiger partial charge >= 0.3 is 0 Å². The van der Waals surface area contributed by atoms with Crippen molar-refractivity contribution in [1.82, 2.24) is 15.1 Å². The number of rotatable bonds is 1. The van der Waals surface area contributed by atoms with E-state index in [1.54, 1.807) is 4.68 Å². The topological polar surface area (TPSA) is 56.1 Å². The average molecular weight is 283 g/mol. The molecule has 3 heterocycles. The molecule has 1 N–H and O–H groups in total. The first-order chi connectivity index (χ1) is 10.3.